The summed E-state index contributed by atoms with van der Waals surface area (Å²) in [5.74, 6) is 0.654. The number of methoxy groups -OCH3 is 1. The van der Waals surface area contributed by atoms with Gasteiger partial charge in [0.1, 0.15) is 5.75 Å². The van der Waals surface area contributed by atoms with E-state index < -0.39 is 10.0 Å². The number of hydrogen-bond donors (Lipinski definition) is 1. The van der Waals surface area contributed by atoms with Crippen LogP contribution in [0.15, 0.2) is 41.3 Å². The van der Waals surface area contributed by atoms with E-state index in [9.17, 15) is 8.42 Å². The molecule has 21 heavy (non-hydrogen) atoms. The first-order valence-corrected chi connectivity index (χ1v) is 8.83. The molecule has 0 heterocycles. The number of hydrogen-bond acceptors (Lipinski definition) is 3. The van der Waals surface area contributed by atoms with Crippen LogP contribution in [0.25, 0.3) is 0 Å². The second-order valence-corrected chi connectivity index (χ2v) is 7.56. The molecular weight excluding hydrogens is 401 g/mol. The molecule has 0 saturated heterocycles. The van der Waals surface area contributed by atoms with Crippen molar-refractivity contribution in [3.8, 4) is 5.75 Å². The number of rotatable bonds is 4. The summed E-state index contributed by atoms with van der Waals surface area (Å²) >= 11 is 2.05. The van der Waals surface area contributed by atoms with Gasteiger partial charge in [-0.25, -0.2) is 8.42 Å². The molecule has 0 aliphatic carbocycles. The van der Waals surface area contributed by atoms with Gasteiger partial charge < -0.3 is 4.74 Å². The number of aryl methyl sites for hydroxylation is 2. The quantitative estimate of drug-likeness (QED) is 0.772. The first kappa shape index (κ1) is 16.1. The van der Waals surface area contributed by atoms with Crippen molar-refractivity contribution in [2.75, 3.05) is 11.8 Å². The molecule has 0 aliphatic rings. The van der Waals surface area contributed by atoms with E-state index in [4.69, 9.17) is 4.74 Å². The molecule has 0 amide bonds. The molecule has 6 heteroatoms. The Morgan fingerprint density at radius 2 is 1.81 bits per heavy atom. The number of halogens is 1. The third-order valence-corrected chi connectivity index (χ3v) is 5.27. The summed E-state index contributed by atoms with van der Waals surface area (Å²) in [6.45, 7) is 3.85. The Morgan fingerprint density at radius 3 is 2.38 bits per heavy atom. The highest BCUT2D eigenvalue weighted by atomic mass is 127. The van der Waals surface area contributed by atoms with Gasteiger partial charge in [-0.15, -0.1) is 0 Å². The molecule has 0 saturated carbocycles. The van der Waals surface area contributed by atoms with Crippen molar-refractivity contribution >= 4 is 38.3 Å². The largest absolute Gasteiger partial charge is 0.496 e. The van der Waals surface area contributed by atoms with Crippen molar-refractivity contribution in [3.05, 3.63) is 51.1 Å². The van der Waals surface area contributed by atoms with Crippen molar-refractivity contribution in [2.24, 2.45) is 0 Å². The van der Waals surface area contributed by atoms with Crippen LogP contribution >= 0.6 is 22.6 Å². The number of anilines is 1. The topological polar surface area (TPSA) is 55.4 Å². The van der Waals surface area contributed by atoms with Gasteiger partial charge in [0.2, 0.25) is 0 Å². The summed E-state index contributed by atoms with van der Waals surface area (Å²) in [5.41, 5.74) is 2.57. The maximum Gasteiger partial charge on any atom is 0.261 e. The SMILES string of the molecule is COc1ccc(S(=O)(=O)Nc2ccc(C)cc2C)cc1I. The van der Waals surface area contributed by atoms with Crippen LogP contribution in [0.5, 0.6) is 5.75 Å². The molecule has 0 radical (unpaired) electrons. The normalized spacial score (nSPS) is 11.2. The Morgan fingerprint density at radius 1 is 1.10 bits per heavy atom. The Bertz CT molecular complexity index is 772. The highest BCUT2D eigenvalue weighted by Gasteiger charge is 2.17. The summed E-state index contributed by atoms with van der Waals surface area (Å²) in [6.07, 6.45) is 0. The monoisotopic (exact) mass is 417 g/mol. The molecule has 0 aromatic heterocycles. The minimum Gasteiger partial charge on any atom is -0.496 e. The van der Waals surface area contributed by atoms with E-state index in [0.29, 0.717) is 11.4 Å². The second kappa shape index (κ2) is 6.23. The van der Waals surface area contributed by atoms with Gasteiger partial charge in [-0.05, 0) is 66.3 Å². The van der Waals surface area contributed by atoms with E-state index >= 15 is 0 Å². The molecular formula is C15H16INO3S. The van der Waals surface area contributed by atoms with Gasteiger partial charge in [0.25, 0.3) is 10.0 Å². The van der Waals surface area contributed by atoms with Gasteiger partial charge in [-0.1, -0.05) is 17.7 Å². The molecule has 2 aromatic carbocycles. The molecule has 0 spiro atoms. The van der Waals surface area contributed by atoms with Crippen LogP contribution in [-0.4, -0.2) is 15.5 Å². The van der Waals surface area contributed by atoms with Gasteiger partial charge >= 0.3 is 0 Å². The predicted molar refractivity (Wildman–Crippen MR) is 92.4 cm³/mol. The van der Waals surface area contributed by atoms with E-state index in [-0.39, 0.29) is 4.90 Å². The van der Waals surface area contributed by atoms with E-state index in [1.54, 1.807) is 25.3 Å². The van der Waals surface area contributed by atoms with Crippen LogP contribution in [0.2, 0.25) is 0 Å². The highest BCUT2D eigenvalue weighted by molar-refractivity contribution is 14.1. The van der Waals surface area contributed by atoms with E-state index in [1.807, 2.05) is 26.0 Å². The van der Waals surface area contributed by atoms with Crippen molar-refractivity contribution in [1.29, 1.82) is 0 Å². The molecule has 0 aliphatic heterocycles. The lowest BCUT2D eigenvalue weighted by Crippen LogP contribution is -2.14. The van der Waals surface area contributed by atoms with Gasteiger partial charge in [0, 0.05) is 0 Å². The lowest BCUT2D eigenvalue weighted by molar-refractivity contribution is 0.411. The van der Waals surface area contributed by atoms with Gasteiger partial charge in [-0.3, -0.25) is 4.72 Å². The van der Waals surface area contributed by atoms with Crippen LogP contribution < -0.4 is 9.46 Å². The highest BCUT2D eigenvalue weighted by Crippen LogP contribution is 2.26. The van der Waals surface area contributed by atoms with Gasteiger partial charge in [0.05, 0.1) is 21.3 Å². The molecule has 4 nitrogen and oxygen atoms in total. The van der Waals surface area contributed by atoms with E-state index in [1.165, 1.54) is 6.07 Å². The fraction of sp³-hybridized carbons (Fsp3) is 0.200. The molecule has 2 aromatic rings. The zero-order valence-corrected chi connectivity index (χ0v) is 14.9. The van der Waals surface area contributed by atoms with Crippen LogP contribution in [0.1, 0.15) is 11.1 Å². The molecule has 112 valence electrons. The standard InChI is InChI=1S/C15H16INO3S/c1-10-4-6-14(11(2)8-10)17-21(18,19)12-5-7-15(20-3)13(16)9-12/h4-9,17H,1-3H3. The summed E-state index contributed by atoms with van der Waals surface area (Å²) in [4.78, 5) is 0.215. The van der Waals surface area contributed by atoms with Crippen LogP contribution in [-0.2, 0) is 10.0 Å². The lowest BCUT2D eigenvalue weighted by Gasteiger charge is -2.12. The molecule has 0 fully saturated rings. The van der Waals surface area contributed by atoms with Crippen molar-refractivity contribution in [2.45, 2.75) is 18.7 Å². The van der Waals surface area contributed by atoms with Crippen LogP contribution in [0.4, 0.5) is 5.69 Å². The molecule has 0 bridgehead atoms. The Labute approximate surface area is 138 Å². The summed E-state index contributed by atoms with van der Waals surface area (Å²) in [5, 5.41) is 0. The third kappa shape index (κ3) is 3.68. The minimum atomic E-state index is -3.61. The third-order valence-electron chi connectivity index (χ3n) is 3.06. The summed E-state index contributed by atoms with van der Waals surface area (Å²) in [7, 11) is -2.05. The zero-order valence-electron chi connectivity index (χ0n) is 12.0. The molecule has 0 atom stereocenters. The average Bonchev–Trinajstić information content (AvgIpc) is 2.42. The van der Waals surface area contributed by atoms with Crippen molar-refractivity contribution in [1.82, 2.24) is 0 Å². The smallest absolute Gasteiger partial charge is 0.261 e. The average molecular weight is 417 g/mol. The fourth-order valence-corrected chi connectivity index (χ4v) is 4.05. The van der Waals surface area contributed by atoms with Gasteiger partial charge in [-0.2, -0.15) is 0 Å². The first-order chi connectivity index (χ1) is 9.83. The second-order valence-electron chi connectivity index (χ2n) is 4.72. The maximum atomic E-state index is 12.4. The molecule has 0 unspecified atom stereocenters. The Balaban J connectivity index is 2.36. The number of ether oxygens (including phenoxy) is 1. The van der Waals surface area contributed by atoms with E-state index in [0.717, 1.165) is 14.7 Å². The number of nitrogens with one attached hydrogen (secondary N) is 1. The number of benzene rings is 2. The Kier molecular flexibility index (Phi) is 4.77. The lowest BCUT2D eigenvalue weighted by atomic mass is 10.1. The fourth-order valence-electron chi connectivity index (χ4n) is 1.95. The van der Waals surface area contributed by atoms with Crippen LogP contribution in [0, 0.1) is 17.4 Å². The summed E-state index contributed by atoms with van der Waals surface area (Å²) in [6, 6.07) is 10.4. The number of sulfonamides is 1. The van der Waals surface area contributed by atoms with Gasteiger partial charge in [0.15, 0.2) is 0 Å². The molecule has 1 N–H and O–H groups in total. The van der Waals surface area contributed by atoms with Crippen molar-refractivity contribution < 1.29 is 13.2 Å². The first-order valence-electron chi connectivity index (χ1n) is 6.27. The Hall–Kier alpha value is -1.28. The zero-order chi connectivity index (χ0) is 15.6. The van der Waals surface area contributed by atoms with Crippen molar-refractivity contribution in [3.63, 3.8) is 0 Å². The minimum absolute atomic E-state index is 0.215. The predicted octanol–water partition coefficient (Wildman–Crippen LogP) is 3.72. The molecule has 2 rings (SSSR count). The van der Waals surface area contributed by atoms with E-state index in [2.05, 4.69) is 27.3 Å². The maximum absolute atomic E-state index is 12.4. The van der Waals surface area contributed by atoms with Crippen LogP contribution in [0.3, 0.4) is 0 Å². The summed E-state index contributed by atoms with van der Waals surface area (Å²) < 4.78 is 33.4.